The third-order valence-electron chi connectivity index (χ3n) is 4.55. The Balaban J connectivity index is 1.53. The molecule has 134 valence electrons. The van der Waals surface area contributed by atoms with Crippen LogP contribution in [-0.4, -0.2) is 36.5 Å². The minimum Gasteiger partial charge on any atom is -0.467 e. The molecule has 3 rings (SSSR count). The summed E-state index contributed by atoms with van der Waals surface area (Å²) in [6.45, 7) is 6.59. The van der Waals surface area contributed by atoms with E-state index in [1.807, 2.05) is 12.1 Å². The third-order valence-corrected chi connectivity index (χ3v) is 4.55. The van der Waals surface area contributed by atoms with Gasteiger partial charge in [-0.2, -0.15) is 0 Å². The van der Waals surface area contributed by atoms with Crippen LogP contribution in [0.3, 0.4) is 0 Å². The van der Waals surface area contributed by atoms with Crippen LogP contribution in [0, 0.1) is 0 Å². The first-order valence-corrected chi connectivity index (χ1v) is 9.17. The zero-order valence-corrected chi connectivity index (χ0v) is 14.9. The first-order valence-electron chi connectivity index (χ1n) is 9.17. The molecule has 1 aromatic carbocycles. The molecule has 25 heavy (non-hydrogen) atoms. The van der Waals surface area contributed by atoms with Crippen molar-refractivity contribution >= 4 is 5.96 Å². The Kier molecular flexibility index (Phi) is 6.51. The van der Waals surface area contributed by atoms with E-state index in [0.717, 1.165) is 31.4 Å². The highest BCUT2D eigenvalue weighted by Crippen LogP contribution is 2.19. The number of rotatable bonds is 7. The van der Waals surface area contributed by atoms with E-state index in [4.69, 9.17) is 4.42 Å². The van der Waals surface area contributed by atoms with Gasteiger partial charge in [0.2, 0.25) is 0 Å². The molecular formula is C20H28N4O. The van der Waals surface area contributed by atoms with Gasteiger partial charge in [-0.05, 0) is 44.0 Å². The van der Waals surface area contributed by atoms with Gasteiger partial charge in [0, 0.05) is 25.7 Å². The lowest BCUT2D eigenvalue weighted by Crippen LogP contribution is -2.44. The summed E-state index contributed by atoms with van der Waals surface area (Å²) in [4.78, 5) is 7.18. The molecule has 0 spiro atoms. The van der Waals surface area contributed by atoms with Crippen LogP contribution in [-0.2, 0) is 13.1 Å². The van der Waals surface area contributed by atoms with Crippen LogP contribution in [0.25, 0.3) is 0 Å². The molecule has 1 atom stereocenters. The largest absolute Gasteiger partial charge is 0.467 e. The molecule has 5 heteroatoms. The number of likely N-dealkylation sites (tertiary alicyclic amines) is 1. The van der Waals surface area contributed by atoms with Gasteiger partial charge in [0.25, 0.3) is 0 Å². The highest BCUT2D eigenvalue weighted by atomic mass is 16.3. The summed E-state index contributed by atoms with van der Waals surface area (Å²) >= 11 is 0. The minimum atomic E-state index is 0.549. The van der Waals surface area contributed by atoms with Gasteiger partial charge in [-0.3, -0.25) is 4.90 Å². The van der Waals surface area contributed by atoms with Gasteiger partial charge in [0.1, 0.15) is 12.3 Å². The van der Waals surface area contributed by atoms with Gasteiger partial charge in [0.15, 0.2) is 5.96 Å². The number of hydrogen-bond donors (Lipinski definition) is 2. The second-order valence-electron chi connectivity index (χ2n) is 6.41. The van der Waals surface area contributed by atoms with E-state index < -0.39 is 0 Å². The van der Waals surface area contributed by atoms with Crippen molar-refractivity contribution in [1.29, 1.82) is 0 Å². The van der Waals surface area contributed by atoms with Crippen LogP contribution in [0.4, 0.5) is 0 Å². The smallest absolute Gasteiger partial charge is 0.191 e. The SMILES string of the molecule is CCNC(=NCc1ccco1)NCC1CCCN1Cc1ccccc1. The lowest BCUT2D eigenvalue weighted by atomic mass is 10.2. The fraction of sp³-hybridized carbons (Fsp3) is 0.450. The van der Waals surface area contributed by atoms with Crippen molar-refractivity contribution in [2.24, 2.45) is 4.99 Å². The minimum absolute atomic E-state index is 0.549. The Morgan fingerprint density at radius 3 is 2.84 bits per heavy atom. The Bertz CT molecular complexity index is 639. The molecule has 5 nitrogen and oxygen atoms in total. The van der Waals surface area contributed by atoms with Crippen molar-refractivity contribution in [1.82, 2.24) is 15.5 Å². The van der Waals surface area contributed by atoms with E-state index in [0.29, 0.717) is 12.6 Å². The van der Waals surface area contributed by atoms with Crippen molar-refractivity contribution in [3.63, 3.8) is 0 Å². The molecule has 1 aliphatic heterocycles. The topological polar surface area (TPSA) is 52.8 Å². The number of nitrogens with one attached hydrogen (secondary N) is 2. The van der Waals surface area contributed by atoms with Gasteiger partial charge < -0.3 is 15.1 Å². The Labute approximate surface area is 150 Å². The van der Waals surface area contributed by atoms with E-state index in [1.165, 1.54) is 24.9 Å². The number of guanidine groups is 1. The van der Waals surface area contributed by atoms with Crippen LogP contribution < -0.4 is 10.6 Å². The molecule has 0 amide bonds. The maximum absolute atomic E-state index is 5.35. The molecule has 0 radical (unpaired) electrons. The molecule has 0 bridgehead atoms. The van der Waals surface area contributed by atoms with Crippen molar-refractivity contribution in [2.45, 2.75) is 38.9 Å². The van der Waals surface area contributed by atoms with Crippen LogP contribution in [0.2, 0.25) is 0 Å². The first kappa shape index (κ1) is 17.5. The third kappa shape index (κ3) is 5.36. The van der Waals surface area contributed by atoms with Gasteiger partial charge in [-0.1, -0.05) is 30.3 Å². The summed E-state index contributed by atoms with van der Waals surface area (Å²) in [5.41, 5.74) is 1.38. The van der Waals surface area contributed by atoms with E-state index in [2.05, 4.69) is 57.8 Å². The Morgan fingerprint density at radius 1 is 1.20 bits per heavy atom. The summed E-state index contributed by atoms with van der Waals surface area (Å²) in [6, 6.07) is 15.1. The number of nitrogens with zero attached hydrogens (tertiary/aromatic N) is 2. The second kappa shape index (κ2) is 9.28. The summed E-state index contributed by atoms with van der Waals surface area (Å²) in [5.74, 6) is 1.73. The van der Waals surface area contributed by atoms with Crippen molar-refractivity contribution in [3.05, 3.63) is 60.1 Å². The van der Waals surface area contributed by atoms with Gasteiger partial charge in [-0.25, -0.2) is 4.99 Å². The lowest BCUT2D eigenvalue weighted by Gasteiger charge is -2.25. The van der Waals surface area contributed by atoms with E-state index in [1.54, 1.807) is 6.26 Å². The van der Waals surface area contributed by atoms with Gasteiger partial charge in [0.05, 0.1) is 6.26 Å². The second-order valence-corrected chi connectivity index (χ2v) is 6.41. The fourth-order valence-electron chi connectivity index (χ4n) is 3.27. The first-order chi connectivity index (χ1) is 12.3. The Hall–Kier alpha value is -2.27. The summed E-state index contributed by atoms with van der Waals surface area (Å²) in [5, 5.41) is 6.81. The quantitative estimate of drug-likeness (QED) is 0.601. The number of hydrogen-bond acceptors (Lipinski definition) is 3. The zero-order chi connectivity index (χ0) is 17.3. The molecule has 2 aromatic rings. The molecule has 2 heterocycles. The highest BCUT2D eigenvalue weighted by Gasteiger charge is 2.24. The van der Waals surface area contributed by atoms with Gasteiger partial charge >= 0.3 is 0 Å². The van der Waals surface area contributed by atoms with Crippen molar-refractivity contribution in [3.8, 4) is 0 Å². The summed E-state index contributed by atoms with van der Waals surface area (Å²) in [6.07, 6.45) is 4.18. The van der Waals surface area contributed by atoms with Crippen LogP contribution in [0.15, 0.2) is 58.1 Å². The molecule has 1 fully saturated rings. The van der Waals surface area contributed by atoms with E-state index in [9.17, 15) is 0 Å². The molecule has 2 N–H and O–H groups in total. The maximum Gasteiger partial charge on any atom is 0.191 e. The van der Waals surface area contributed by atoms with Crippen LogP contribution >= 0.6 is 0 Å². The number of benzene rings is 1. The van der Waals surface area contributed by atoms with E-state index >= 15 is 0 Å². The highest BCUT2D eigenvalue weighted by molar-refractivity contribution is 5.79. The van der Waals surface area contributed by atoms with Crippen LogP contribution in [0.5, 0.6) is 0 Å². The fourth-order valence-corrected chi connectivity index (χ4v) is 3.27. The molecule has 0 aliphatic carbocycles. The molecule has 1 saturated heterocycles. The molecule has 1 aliphatic rings. The van der Waals surface area contributed by atoms with Gasteiger partial charge in [-0.15, -0.1) is 0 Å². The number of furan rings is 1. The average Bonchev–Trinajstić information content (AvgIpc) is 3.30. The van der Waals surface area contributed by atoms with E-state index in [-0.39, 0.29) is 0 Å². The molecule has 1 unspecified atom stereocenters. The standard InChI is InChI=1S/C20H28N4O/c1-2-21-20(23-15-19-11-7-13-25-19)22-14-18-10-6-12-24(18)16-17-8-4-3-5-9-17/h3-5,7-9,11,13,18H,2,6,10,12,14-16H2,1H3,(H2,21,22,23). The predicted octanol–water partition coefficient (Wildman–Crippen LogP) is 3.00. The molecule has 0 saturated carbocycles. The summed E-state index contributed by atoms with van der Waals surface area (Å²) < 4.78 is 5.35. The van der Waals surface area contributed by atoms with Crippen molar-refractivity contribution in [2.75, 3.05) is 19.6 Å². The zero-order valence-electron chi connectivity index (χ0n) is 14.9. The maximum atomic E-state index is 5.35. The van der Waals surface area contributed by atoms with Crippen molar-refractivity contribution < 1.29 is 4.42 Å². The molecular weight excluding hydrogens is 312 g/mol. The average molecular weight is 340 g/mol. The summed E-state index contributed by atoms with van der Waals surface area (Å²) in [7, 11) is 0. The number of aliphatic imine (C=N–C) groups is 1. The lowest BCUT2D eigenvalue weighted by molar-refractivity contribution is 0.245. The normalized spacial score (nSPS) is 18.4. The predicted molar refractivity (Wildman–Crippen MR) is 101 cm³/mol. The molecule has 1 aromatic heterocycles. The Morgan fingerprint density at radius 2 is 2.08 bits per heavy atom. The van der Waals surface area contributed by atoms with Crippen LogP contribution in [0.1, 0.15) is 31.1 Å². The monoisotopic (exact) mass is 340 g/mol.